The molecule has 1 saturated heterocycles. The summed E-state index contributed by atoms with van der Waals surface area (Å²) in [6.07, 6.45) is 2.18. The van der Waals surface area contributed by atoms with Gasteiger partial charge in [0.15, 0.2) is 11.5 Å². The van der Waals surface area contributed by atoms with Gasteiger partial charge in [0.2, 0.25) is 12.7 Å². The highest BCUT2D eigenvalue weighted by atomic mass is 32.2. The number of methoxy groups -OCH3 is 1. The van der Waals surface area contributed by atoms with Crippen LogP contribution in [0.3, 0.4) is 0 Å². The fourth-order valence-corrected chi connectivity index (χ4v) is 4.98. The number of ether oxygens (including phenoxy) is 3. The van der Waals surface area contributed by atoms with Crippen molar-refractivity contribution in [3.8, 4) is 17.2 Å². The summed E-state index contributed by atoms with van der Waals surface area (Å²) in [5, 5.41) is 4.20. The third-order valence-electron chi connectivity index (χ3n) is 5.37. The zero-order valence-electron chi connectivity index (χ0n) is 16.0. The van der Waals surface area contributed by atoms with E-state index in [0.29, 0.717) is 29.7 Å². The van der Waals surface area contributed by atoms with E-state index in [4.69, 9.17) is 14.2 Å². The van der Waals surface area contributed by atoms with E-state index in [-0.39, 0.29) is 30.2 Å². The molecule has 1 aromatic carbocycles. The Balaban J connectivity index is 1.41. The summed E-state index contributed by atoms with van der Waals surface area (Å²) < 4.78 is 17.8. The van der Waals surface area contributed by atoms with Crippen LogP contribution in [0.1, 0.15) is 35.4 Å². The Morgan fingerprint density at radius 3 is 2.83 bits per heavy atom. The summed E-state index contributed by atoms with van der Waals surface area (Å²) in [6, 6.07) is 6.95. The topological polar surface area (TPSA) is 82.9 Å². The Kier molecular flexibility index (Phi) is 4.61. The molecule has 5 rings (SSSR count). The van der Waals surface area contributed by atoms with Crippen molar-refractivity contribution >= 4 is 17.7 Å². The molecule has 0 radical (unpaired) electrons. The summed E-state index contributed by atoms with van der Waals surface area (Å²) in [6.45, 7) is 0.709. The lowest BCUT2D eigenvalue weighted by Gasteiger charge is -2.25. The first kappa shape index (κ1) is 18.4. The lowest BCUT2D eigenvalue weighted by molar-refractivity contribution is -0.132. The lowest BCUT2D eigenvalue weighted by atomic mass is 10.1. The van der Waals surface area contributed by atoms with Crippen LogP contribution in [0.15, 0.2) is 29.1 Å². The van der Waals surface area contributed by atoms with Gasteiger partial charge in [0.05, 0.1) is 12.8 Å². The van der Waals surface area contributed by atoms with E-state index in [1.807, 2.05) is 6.07 Å². The minimum Gasteiger partial charge on any atom is -0.496 e. The van der Waals surface area contributed by atoms with Gasteiger partial charge in [-0.25, -0.2) is 4.68 Å². The molecule has 1 unspecified atom stereocenters. The molecule has 0 N–H and O–H groups in total. The molecule has 1 aliphatic carbocycles. The van der Waals surface area contributed by atoms with Crippen molar-refractivity contribution in [2.45, 2.75) is 30.7 Å². The molecular weight excluding hydrogens is 394 g/mol. The third kappa shape index (κ3) is 3.43. The van der Waals surface area contributed by atoms with Crippen molar-refractivity contribution in [3.63, 3.8) is 0 Å². The van der Waals surface area contributed by atoms with Crippen molar-refractivity contribution in [1.29, 1.82) is 0 Å². The molecule has 2 aliphatic heterocycles. The quantitative estimate of drug-likeness (QED) is 0.740. The molecule has 1 atom stereocenters. The molecule has 29 heavy (non-hydrogen) atoms. The van der Waals surface area contributed by atoms with Crippen LogP contribution >= 0.6 is 11.8 Å². The van der Waals surface area contributed by atoms with Crippen LogP contribution < -0.4 is 19.8 Å². The number of carbonyl (C=O) groups excluding carboxylic acids is 1. The molecule has 2 fully saturated rings. The molecule has 3 heterocycles. The number of nitrogens with zero attached hydrogens (tertiary/aromatic N) is 3. The average Bonchev–Trinajstić information content (AvgIpc) is 3.27. The van der Waals surface area contributed by atoms with E-state index in [9.17, 15) is 9.59 Å². The summed E-state index contributed by atoms with van der Waals surface area (Å²) in [7, 11) is 1.60. The van der Waals surface area contributed by atoms with Crippen molar-refractivity contribution in [2.24, 2.45) is 0 Å². The minimum atomic E-state index is -0.258. The zero-order valence-corrected chi connectivity index (χ0v) is 16.8. The van der Waals surface area contributed by atoms with Crippen LogP contribution in [0.5, 0.6) is 17.2 Å². The SMILES string of the molecule is COc1cc2c(cc1C1SCCN1C(=O)Cn1nc(C3CC3)ccc1=O)OCO2. The molecule has 1 amide bonds. The van der Waals surface area contributed by atoms with Gasteiger partial charge >= 0.3 is 0 Å². The first-order valence-electron chi connectivity index (χ1n) is 9.60. The molecular formula is C20H21N3O5S. The molecule has 1 saturated carbocycles. The lowest BCUT2D eigenvalue weighted by Crippen LogP contribution is -2.37. The third-order valence-corrected chi connectivity index (χ3v) is 6.61. The Hall–Kier alpha value is -2.68. The maximum Gasteiger partial charge on any atom is 0.267 e. The maximum atomic E-state index is 13.1. The van der Waals surface area contributed by atoms with E-state index >= 15 is 0 Å². The van der Waals surface area contributed by atoms with E-state index < -0.39 is 0 Å². The average molecular weight is 415 g/mol. The smallest absolute Gasteiger partial charge is 0.267 e. The Bertz CT molecular complexity index is 1020. The van der Waals surface area contributed by atoms with Crippen LogP contribution in [0.2, 0.25) is 0 Å². The second-order valence-electron chi connectivity index (χ2n) is 7.29. The molecule has 8 nitrogen and oxygen atoms in total. The van der Waals surface area contributed by atoms with Crippen molar-refractivity contribution in [1.82, 2.24) is 14.7 Å². The first-order chi connectivity index (χ1) is 14.1. The van der Waals surface area contributed by atoms with Crippen LogP contribution in [-0.4, -0.2) is 46.8 Å². The first-order valence-corrected chi connectivity index (χ1v) is 10.7. The van der Waals surface area contributed by atoms with Gasteiger partial charge in [0.25, 0.3) is 5.56 Å². The number of benzene rings is 1. The van der Waals surface area contributed by atoms with Gasteiger partial charge in [0, 0.05) is 35.9 Å². The van der Waals surface area contributed by atoms with E-state index in [1.165, 1.54) is 10.7 Å². The highest BCUT2D eigenvalue weighted by molar-refractivity contribution is 7.99. The van der Waals surface area contributed by atoms with Crippen LogP contribution in [0.4, 0.5) is 0 Å². The molecule has 9 heteroatoms. The number of amides is 1. The highest BCUT2D eigenvalue weighted by Gasteiger charge is 2.34. The Morgan fingerprint density at radius 2 is 2.07 bits per heavy atom. The fourth-order valence-electron chi connectivity index (χ4n) is 3.69. The largest absolute Gasteiger partial charge is 0.496 e. The number of hydrogen-bond acceptors (Lipinski definition) is 7. The predicted molar refractivity (Wildman–Crippen MR) is 107 cm³/mol. The Labute approximate surface area is 171 Å². The highest BCUT2D eigenvalue weighted by Crippen LogP contribution is 2.47. The predicted octanol–water partition coefficient (Wildman–Crippen LogP) is 2.13. The summed E-state index contributed by atoms with van der Waals surface area (Å²) in [5.74, 6) is 3.03. The molecule has 152 valence electrons. The summed E-state index contributed by atoms with van der Waals surface area (Å²) >= 11 is 1.66. The molecule has 3 aliphatic rings. The van der Waals surface area contributed by atoms with E-state index in [0.717, 1.165) is 29.9 Å². The van der Waals surface area contributed by atoms with Crippen LogP contribution in [-0.2, 0) is 11.3 Å². The monoisotopic (exact) mass is 415 g/mol. The van der Waals surface area contributed by atoms with Gasteiger partial charge in [-0.1, -0.05) is 0 Å². The second kappa shape index (κ2) is 7.29. The van der Waals surface area contributed by atoms with E-state index in [1.54, 1.807) is 35.9 Å². The fraction of sp³-hybridized carbons (Fsp3) is 0.450. The minimum absolute atomic E-state index is 0.0662. The second-order valence-corrected chi connectivity index (χ2v) is 8.47. The number of hydrogen-bond donors (Lipinski definition) is 0. The van der Waals surface area contributed by atoms with Gasteiger partial charge in [-0.3, -0.25) is 9.59 Å². The summed E-state index contributed by atoms with van der Waals surface area (Å²) in [4.78, 5) is 27.1. The zero-order chi connectivity index (χ0) is 20.0. The normalized spacial score (nSPS) is 20.2. The molecule has 1 aromatic heterocycles. The van der Waals surface area contributed by atoms with Crippen molar-refractivity contribution in [2.75, 3.05) is 26.2 Å². The van der Waals surface area contributed by atoms with Gasteiger partial charge in [-0.05, 0) is 25.0 Å². The molecule has 0 spiro atoms. The van der Waals surface area contributed by atoms with Crippen molar-refractivity contribution < 1.29 is 19.0 Å². The van der Waals surface area contributed by atoms with Gasteiger partial charge in [-0.2, -0.15) is 5.10 Å². The van der Waals surface area contributed by atoms with Crippen LogP contribution in [0, 0.1) is 0 Å². The number of thioether (sulfide) groups is 1. The Morgan fingerprint density at radius 1 is 1.28 bits per heavy atom. The van der Waals surface area contributed by atoms with Crippen molar-refractivity contribution in [3.05, 3.63) is 45.9 Å². The standard InChI is InChI=1S/C20H21N3O5S/c1-26-15-9-17-16(27-11-28-17)8-13(15)20-22(6-7-29-20)19(25)10-23-18(24)5-4-14(21-23)12-2-3-12/h4-5,8-9,12,20H,2-3,6-7,10-11H2,1H3. The molecule has 0 bridgehead atoms. The molecule has 2 aromatic rings. The number of fused-ring (bicyclic) bond motifs is 1. The van der Waals surface area contributed by atoms with Gasteiger partial charge in [-0.15, -0.1) is 11.8 Å². The number of rotatable bonds is 5. The van der Waals surface area contributed by atoms with E-state index in [2.05, 4.69) is 5.10 Å². The van der Waals surface area contributed by atoms with Crippen LogP contribution in [0.25, 0.3) is 0 Å². The van der Waals surface area contributed by atoms with Gasteiger partial charge in [0.1, 0.15) is 17.7 Å². The number of aromatic nitrogens is 2. The maximum absolute atomic E-state index is 13.1. The van der Waals surface area contributed by atoms with Gasteiger partial charge < -0.3 is 19.1 Å². The number of carbonyl (C=O) groups is 1. The summed E-state index contributed by atoms with van der Waals surface area (Å²) in [5.41, 5.74) is 1.49.